The minimum absolute atomic E-state index is 0.0164. The van der Waals surface area contributed by atoms with E-state index in [4.69, 9.17) is 9.32 Å². The first-order chi connectivity index (χ1) is 15.1. The Bertz CT molecular complexity index is 1010. The molecule has 0 radical (unpaired) electrons. The number of unbranched alkanes of at least 4 members (excludes halogenated alkanes) is 3. The van der Waals surface area contributed by atoms with Crippen LogP contribution in [-0.2, 0) is 26.3 Å². The molecule has 1 saturated carbocycles. The zero-order chi connectivity index (χ0) is 23.1. The molecule has 1 aromatic carbocycles. The number of piperidine rings is 1. The normalized spacial score (nSPS) is 29.8. The average Bonchev–Trinajstić information content (AvgIpc) is 2.73. The first kappa shape index (κ1) is 23.2. The zero-order valence-corrected chi connectivity index (χ0v) is 19.8. The number of imide groups is 1. The van der Waals surface area contributed by atoms with Crippen molar-refractivity contribution in [3.63, 3.8) is 0 Å². The van der Waals surface area contributed by atoms with E-state index in [0.29, 0.717) is 13.0 Å². The number of hydrogen-bond acceptors (Lipinski definition) is 5. The van der Waals surface area contributed by atoms with E-state index in [1.54, 1.807) is 17.0 Å². The number of amides is 2. The number of nitrogens with zero attached hydrogens (tertiary/aromatic N) is 1. The van der Waals surface area contributed by atoms with Gasteiger partial charge in [-0.25, -0.2) is 0 Å². The molecular formula is C24H34N2O5S. The van der Waals surface area contributed by atoms with Crippen LogP contribution in [0.1, 0.15) is 82.3 Å². The van der Waals surface area contributed by atoms with Gasteiger partial charge in [-0.15, -0.1) is 0 Å². The van der Waals surface area contributed by atoms with Gasteiger partial charge in [-0.2, -0.15) is 13.6 Å². The number of carbonyl (C=O) groups is 2. The van der Waals surface area contributed by atoms with Crippen molar-refractivity contribution in [3.8, 4) is 5.75 Å². The summed E-state index contributed by atoms with van der Waals surface area (Å²) in [7, 11) is -4.06. The van der Waals surface area contributed by atoms with Gasteiger partial charge in [-0.1, -0.05) is 39.2 Å². The van der Waals surface area contributed by atoms with E-state index in [1.807, 2.05) is 6.07 Å². The molecular weight excluding hydrogens is 428 g/mol. The Kier molecular flexibility index (Phi) is 6.38. The average molecular weight is 463 g/mol. The lowest BCUT2D eigenvalue weighted by Gasteiger charge is -2.54. The van der Waals surface area contributed by atoms with Crippen LogP contribution < -0.4 is 9.32 Å². The predicted octanol–water partition coefficient (Wildman–Crippen LogP) is 3.67. The Morgan fingerprint density at radius 3 is 2.69 bits per heavy atom. The first-order valence-corrected chi connectivity index (χ1v) is 13.3. The summed E-state index contributed by atoms with van der Waals surface area (Å²) in [6.07, 6.45) is 7.95. The molecule has 176 valence electrons. The molecule has 4 atom stereocenters. The number of aryl methyl sites for hydroxylation is 1. The van der Waals surface area contributed by atoms with Crippen molar-refractivity contribution in [2.45, 2.75) is 77.6 Å². The number of rotatable bonds is 7. The quantitative estimate of drug-likeness (QED) is 0.491. The molecule has 7 nitrogen and oxygen atoms in total. The maximum absolute atomic E-state index is 13.5. The summed E-state index contributed by atoms with van der Waals surface area (Å²) in [5.41, 5.74) is 1.78. The number of nitrogens with two attached hydrogens (primary N) is 1. The summed E-state index contributed by atoms with van der Waals surface area (Å²) >= 11 is 0. The Morgan fingerprint density at radius 2 is 1.97 bits per heavy atom. The number of fused-ring (bicyclic) bond motifs is 5. The lowest BCUT2D eigenvalue weighted by Crippen LogP contribution is -2.59. The molecule has 2 fully saturated rings. The van der Waals surface area contributed by atoms with E-state index in [1.165, 1.54) is 5.56 Å². The summed E-state index contributed by atoms with van der Waals surface area (Å²) in [5.74, 6) is 0.848. The van der Waals surface area contributed by atoms with Gasteiger partial charge >= 0.3 is 10.3 Å². The van der Waals surface area contributed by atoms with Crippen LogP contribution in [0.3, 0.4) is 0 Å². The molecule has 1 saturated heterocycles. The summed E-state index contributed by atoms with van der Waals surface area (Å²) in [6.45, 7) is 4.77. The molecule has 2 N–H and O–H groups in total. The van der Waals surface area contributed by atoms with Gasteiger partial charge in [0.1, 0.15) is 5.75 Å². The molecule has 8 heteroatoms. The standard InChI is InChI=1S/C24H34N2O5S/c1-3-4-5-6-13-26-22(27)15-21-20-9-7-16-14-17(31-32(25,29)30)8-10-18(16)19(20)11-12-24(21,2)23(26)28/h8,10,14,19-21H,3-7,9,11-13,15H2,1-2H3,(H2,25,29,30)/t19?,20?,21?,24-/m0/s1. The number of likely N-dealkylation sites (tertiary alicyclic amines) is 1. The summed E-state index contributed by atoms with van der Waals surface area (Å²) in [4.78, 5) is 28.0. The van der Waals surface area contributed by atoms with Crippen molar-refractivity contribution in [3.05, 3.63) is 29.3 Å². The SMILES string of the molecule is CCCCCCN1C(=O)CC2C3CCc4cc(OS(N)(=O)=O)ccc4C3CC[C@]2(C)C1=O. The third-order valence-corrected chi connectivity index (χ3v) is 8.39. The van der Waals surface area contributed by atoms with E-state index >= 15 is 0 Å². The Hall–Kier alpha value is -1.93. The first-order valence-electron chi connectivity index (χ1n) is 11.8. The van der Waals surface area contributed by atoms with Gasteiger partial charge in [0.2, 0.25) is 11.8 Å². The third-order valence-electron chi connectivity index (χ3n) is 7.96. The van der Waals surface area contributed by atoms with Crippen LogP contribution in [0.5, 0.6) is 5.75 Å². The van der Waals surface area contributed by atoms with Crippen LogP contribution in [0, 0.1) is 17.3 Å². The van der Waals surface area contributed by atoms with Crippen LogP contribution in [0.25, 0.3) is 0 Å². The lowest BCUT2D eigenvalue weighted by molar-refractivity contribution is -0.167. The van der Waals surface area contributed by atoms with E-state index in [0.717, 1.165) is 56.9 Å². The number of benzene rings is 1. The second-order valence-corrected chi connectivity index (χ2v) is 11.1. The molecule has 0 aromatic heterocycles. The molecule has 1 aliphatic heterocycles. The second kappa shape index (κ2) is 8.78. The van der Waals surface area contributed by atoms with Crippen molar-refractivity contribution in [2.24, 2.45) is 22.4 Å². The monoisotopic (exact) mass is 462 g/mol. The van der Waals surface area contributed by atoms with Gasteiger partial charge in [0.25, 0.3) is 0 Å². The molecule has 2 amide bonds. The predicted molar refractivity (Wildman–Crippen MR) is 121 cm³/mol. The van der Waals surface area contributed by atoms with Crippen LogP contribution >= 0.6 is 0 Å². The highest BCUT2D eigenvalue weighted by molar-refractivity contribution is 7.84. The molecule has 3 aliphatic rings. The summed E-state index contributed by atoms with van der Waals surface area (Å²) < 4.78 is 27.4. The summed E-state index contributed by atoms with van der Waals surface area (Å²) in [5, 5.41) is 5.00. The molecule has 1 aromatic rings. The minimum Gasteiger partial charge on any atom is -0.371 e. The van der Waals surface area contributed by atoms with Crippen molar-refractivity contribution in [2.75, 3.05) is 6.54 Å². The fourth-order valence-electron chi connectivity index (χ4n) is 6.35. The van der Waals surface area contributed by atoms with E-state index in [2.05, 4.69) is 13.8 Å². The topological polar surface area (TPSA) is 107 Å². The van der Waals surface area contributed by atoms with Gasteiger partial charge < -0.3 is 4.18 Å². The Morgan fingerprint density at radius 1 is 1.19 bits per heavy atom. The largest absolute Gasteiger partial charge is 0.380 e. The van der Waals surface area contributed by atoms with Gasteiger partial charge in [0.05, 0.1) is 5.41 Å². The molecule has 3 unspecified atom stereocenters. The fourth-order valence-corrected chi connectivity index (χ4v) is 6.72. The van der Waals surface area contributed by atoms with Crippen LogP contribution in [0.2, 0.25) is 0 Å². The molecule has 0 bridgehead atoms. The smallest absolute Gasteiger partial charge is 0.371 e. The third kappa shape index (κ3) is 4.31. The van der Waals surface area contributed by atoms with Crippen LogP contribution in [0.4, 0.5) is 0 Å². The lowest BCUT2D eigenvalue weighted by atomic mass is 9.52. The highest BCUT2D eigenvalue weighted by Crippen LogP contribution is 2.58. The van der Waals surface area contributed by atoms with E-state index < -0.39 is 15.7 Å². The highest BCUT2D eigenvalue weighted by atomic mass is 32.2. The van der Waals surface area contributed by atoms with E-state index in [9.17, 15) is 18.0 Å². The van der Waals surface area contributed by atoms with E-state index in [-0.39, 0.29) is 35.3 Å². The van der Waals surface area contributed by atoms with Crippen molar-refractivity contribution >= 4 is 22.1 Å². The minimum atomic E-state index is -4.06. The number of carbonyl (C=O) groups excluding carboxylic acids is 2. The summed E-state index contributed by atoms with van der Waals surface area (Å²) in [6, 6.07) is 5.34. The molecule has 0 spiro atoms. The molecule has 32 heavy (non-hydrogen) atoms. The van der Waals surface area contributed by atoms with Crippen LogP contribution in [0.15, 0.2) is 18.2 Å². The Balaban J connectivity index is 1.53. The Labute approximate surface area is 190 Å². The maximum atomic E-state index is 13.5. The zero-order valence-electron chi connectivity index (χ0n) is 19.0. The van der Waals surface area contributed by atoms with Crippen molar-refractivity contribution in [1.29, 1.82) is 0 Å². The maximum Gasteiger partial charge on any atom is 0.380 e. The highest BCUT2D eigenvalue weighted by Gasteiger charge is 2.57. The van der Waals surface area contributed by atoms with Crippen molar-refractivity contribution in [1.82, 2.24) is 4.90 Å². The van der Waals surface area contributed by atoms with Gasteiger partial charge in [-0.05, 0) is 73.1 Å². The van der Waals surface area contributed by atoms with Crippen LogP contribution in [-0.4, -0.2) is 31.7 Å². The van der Waals surface area contributed by atoms with Gasteiger partial charge in [0, 0.05) is 13.0 Å². The fraction of sp³-hybridized carbons (Fsp3) is 0.667. The second-order valence-electron chi connectivity index (χ2n) is 9.92. The molecule has 2 aliphatic carbocycles. The molecule has 1 heterocycles. The van der Waals surface area contributed by atoms with Crippen molar-refractivity contribution < 1.29 is 22.2 Å². The van der Waals surface area contributed by atoms with Gasteiger partial charge in [-0.3, -0.25) is 14.5 Å². The molecule has 4 rings (SSSR count). The number of hydrogen-bond donors (Lipinski definition) is 1. The van der Waals surface area contributed by atoms with Gasteiger partial charge in [0.15, 0.2) is 0 Å².